The molecule has 6 heteroatoms. The van der Waals surface area contributed by atoms with Crippen LogP contribution in [-0.4, -0.2) is 48.6 Å². The number of likely N-dealkylation sites (N-methyl/N-ethyl adjacent to an activating group) is 1. The Morgan fingerprint density at radius 1 is 1.14 bits per heavy atom. The van der Waals surface area contributed by atoms with Crippen molar-refractivity contribution in [1.82, 2.24) is 14.9 Å². The van der Waals surface area contributed by atoms with Gasteiger partial charge in [-0.25, -0.2) is 15.8 Å². The molecule has 0 fully saturated rings. The zero-order chi connectivity index (χ0) is 16.0. The number of nitrogens with two attached hydrogens (primary N) is 1. The monoisotopic (exact) mass is 294 g/mol. The summed E-state index contributed by atoms with van der Waals surface area (Å²) in [6, 6.07) is 0. The summed E-state index contributed by atoms with van der Waals surface area (Å²) in [6.45, 7) is 11.6. The highest BCUT2D eigenvalue weighted by Gasteiger charge is 2.20. The van der Waals surface area contributed by atoms with Crippen molar-refractivity contribution in [3.05, 3.63) is 11.9 Å². The molecule has 6 nitrogen and oxygen atoms in total. The topological polar surface area (TPSA) is 70.3 Å². The predicted octanol–water partition coefficient (Wildman–Crippen LogP) is 1.91. The second-order valence-electron chi connectivity index (χ2n) is 6.40. The van der Waals surface area contributed by atoms with Crippen LogP contribution in [0.25, 0.3) is 0 Å². The summed E-state index contributed by atoms with van der Waals surface area (Å²) >= 11 is 0. The fraction of sp³-hybridized carbons (Fsp3) is 0.733. The molecule has 0 radical (unpaired) electrons. The molecule has 21 heavy (non-hydrogen) atoms. The molecule has 1 rings (SSSR count). The summed E-state index contributed by atoms with van der Waals surface area (Å²) in [5, 5.41) is 0. The van der Waals surface area contributed by atoms with E-state index in [9.17, 15) is 0 Å². The van der Waals surface area contributed by atoms with Crippen molar-refractivity contribution in [1.29, 1.82) is 0 Å². The van der Waals surface area contributed by atoms with E-state index in [0.717, 1.165) is 31.0 Å². The van der Waals surface area contributed by atoms with Gasteiger partial charge in [-0.05, 0) is 25.9 Å². The molecule has 0 aromatic carbocycles. The maximum atomic E-state index is 5.61. The number of nitrogen functional groups attached to an aromatic ring is 1. The molecule has 0 aliphatic heterocycles. The first kappa shape index (κ1) is 17.7. The molecule has 0 aliphatic rings. The van der Waals surface area contributed by atoms with Crippen molar-refractivity contribution in [2.24, 2.45) is 11.8 Å². The molecule has 0 bridgehead atoms. The van der Waals surface area contributed by atoms with E-state index < -0.39 is 0 Å². The van der Waals surface area contributed by atoms with E-state index in [4.69, 9.17) is 5.84 Å². The summed E-state index contributed by atoms with van der Waals surface area (Å²) in [5.41, 5.74) is 3.78. The first-order valence-electron chi connectivity index (χ1n) is 7.58. The Morgan fingerprint density at radius 2 is 1.81 bits per heavy atom. The zero-order valence-electron chi connectivity index (χ0n) is 14.2. The highest BCUT2D eigenvalue weighted by Crippen LogP contribution is 2.30. The van der Waals surface area contributed by atoms with Crippen molar-refractivity contribution < 1.29 is 0 Å². The zero-order valence-corrected chi connectivity index (χ0v) is 14.2. The highest BCUT2D eigenvalue weighted by molar-refractivity contribution is 5.59. The first-order chi connectivity index (χ1) is 9.86. The number of nitrogens with zero attached hydrogens (tertiary/aromatic N) is 4. The third-order valence-electron chi connectivity index (χ3n) is 3.28. The molecule has 0 aliphatic carbocycles. The van der Waals surface area contributed by atoms with Gasteiger partial charge in [-0.15, -0.1) is 0 Å². The Balaban J connectivity index is 3.16. The number of rotatable bonds is 8. The minimum absolute atomic E-state index is 0.307. The van der Waals surface area contributed by atoms with Gasteiger partial charge >= 0.3 is 0 Å². The summed E-state index contributed by atoms with van der Waals surface area (Å²) in [6.07, 6.45) is 1.58. The van der Waals surface area contributed by atoms with Crippen LogP contribution in [0.1, 0.15) is 39.2 Å². The van der Waals surface area contributed by atoms with Gasteiger partial charge in [0.1, 0.15) is 18.0 Å². The lowest BCUT2D eigenvalue weighted by atomic mass is 10.0. The molecule has 0 atom stereocenters. The van der Waals surface area contributed by atoms with Gasteiger partial charge in [0.15, 0.2) is 0 Å². The van der Waals surface area contributed by atoms with Gasteiger partial charge < -0.3 is 15.2 Å². The Hall–Kier alpha value is -1.40. The third-order valence-corrected chi connectivity index (χ3v) is 3.28. The summed E-state index contributed by atoms with van der Waals surface area (Å²) in [5.74, 6) is 8.19. The van der Waals surface area contributed by atoms with Crippen LogP contribution in [0.5, 0.6) is 0 Å². The SMILES string of the molecule is CC(C)CN(CCN(C)C)c1ncnc(NN)c1C(C)C. The Bertz CT molecular complexity index is 430. The van der Waals surface area contributed by atoms with Crippen LogP contribution >= 0.6 is 0 Å². The quantitative estimate of drug-likeness (QED) is 0.564. The van der Waals surface area contributed by atoms with Crippen molar-refractivity contribution in [3.8, 4) is 0 Å². The standard InChI is InChI=1S/C15H30N6/c1-11(2)9-21(8-7-20(5)6)15-13(12(3)4)14(19-16)17-10-18-15/h10-12H,7-9,16H2,1-6H3,(H,17,18,19). The number of hydrazine groups is 1. The normalized spacial score (nSPS) is 11.5. The van der Waals surface area contributed by atoms with E-state index in [-0.39, 0.29) is 0 Å². The van der Waals surface area contributed by atoms with Crippen LogP contribution in [0.15, 0.2) is 6.33 Å². The molecule has 3 N–H and O–H groups in total. The molecule has 0 spiro atoms. The lowest BCUT2D eigenvalue weighted by Crippen LogP contribution is -2.36. The van der Waals surface area contributed by atoms with Crippen LogP contribution in [0, 0.1) is 5.92 Å². The molecule has 1 aromatic rings. The molecule has 120 valence electrons. The van der Waals surface area contributed by atoms with Gasteiger partial charge in [-0.3, -0.25) is 0 Å². The Morgan fingerprint density at radius 3 is 2.29 bits per heavy atom. The molecule has 0 saturated heterocycles. The number of hydrogen-bond acceptors (Lipinski definition) is 6. The third kappa shape index (κ3) is 5.13. The van der Waals surface area contributed by atoms with Crippen LogP contribution in [0.2, 0.25) is 0 Å². The molecular weight excluding hydrogens is 264 g/mol. The largest absolute Gasteiger partial charge is 0.355 e. The number of nitrogens with one attached hydrogen (secondary N) is 1. The van der Waals surface area contributed by atoms with Crippen molar-refractivity contribution in [2.75, 3.05) is 44.1 Å². The average Bonchev–Trinajstić information content (AvgIpc) is 2.41. The summed E-state index contributed by atoms with van der Waals surface area (Å²) in [7, 11) is 4.17. The molecule has 0 amide bonds. The van der Waals surface area contributed by atoms with E-state index >= 15 is 0 Å². The van der Waals surface area contributed by atoms with Gasteiger partial charge in [-0.2, -0.15) is 0 Å². The van der Waals surface area contributed by atoms with E-state index in [1.54, 1.807) is 6.33 Å². The molecule has 0 saturated carbocycles. The van der Waals surface area contributed by atoms with E-state index in [2.05, 4.69) is 67.0 Å². The maximum absolute atomic E-state index is 5.61. The Kier molecular flexibility index (Phi) is 6.84. The van der Waals surface area contributed by atoms with E-state index in [0.29, 0.717) is 17.7 Å². The van der Waals surface area contributed by atoms with Crippen molar-refractivity contribution in [2.45, 2.75) is 33.6 Å². The lowest BCUT2D eigenvalue weighted by molar-refractivity contribution is 0.408. The van der Waals surface area contributed by atoms with Crippen LogP contribution in [0.3, 0.4) is 0 Å². The highest BCUT2D eigenvalue weighted by atomic mass is 15.3. The minimum Gasteiger partial charge on any atom is -0.355 e. The lowest BCUT2D eigenvalue weighted by Gasteiger charge is -2.30. The van der Waals surface area contributed by atoms with Crippen molar-refractivity contribution in [3.63, 3.8) is 0 Å². The number of aromatic nitrogens is 2. The van der Waals surface area contributed by atoms with Crippen LogP contribution < -0.4 is 16.2 Å². The number of anilines is 2. The van der Waals surface area contributed by atoms with Gasteiger partial charge in [0, 0.05) is 25.2 Å². The van der Waals surface area contributed by atoms with E-state index in [1.165, 1.54) is 0 Å². The van der Waals surface area contributed by atoms with E-state index in [1.807, 2.05) is 0 Å². The van der Waals surface area contributed by atoms with Gasteiger partial charge in [0.2, 0.25) is 0 Å². The van der Waals surface area contributed by atoms with Gasteiger partial charge in [-0.1, -0.05) is 27.7 Å². The molecule has 0 unspecified atom stereocenters. The first-order valence-corrected chi connectivity index (χ1v) is 7.58. The molecular formula is C15H30N6. The van der Waals surface area contributed by atoms with Gasteiger partial charge in [0.25, 0.3) is 0 Å². The average molecular weight is 294 g/mol. The summed E-state index contributed by atoms with van der Waals surface area (Å²) in [4.78, 5) is 13.3. The predicted molar refractivity (Wildman–Crippen MR) is 89.5 cm³/mol. The fourth-order valence-electron chi connectivity index (χ4n) is 2.33. The Labute approximate surface area is 128 Å². The fourth-order valence-corrected chi connectivity index (χ4v) is 2.33. The van der Waals surface area contributed by atoms with Crippen LogP contribution in [-0.2, 0) is 0 Å². The van der Waals surface area contributed by atoms with Gasteiger partial charge in [0.05, 0.1) is 0 Å². The maximum Gasteiger partial charge on any atom is 0.148 e. The smallest absolute Gasteiger partial charge is 0.148 e. The molecule has 1 heterocycles. The number of hydrogen-bond donors (Lipinski definition) is 2. The van der Waals surface area contributed by atoms with Crippen LogP contribution in [0.4, 0.5) is 11.6 Å². The van der Waals surface area contributed by atoms with Crippen molar-refractivity contribution >= 4 is 11.6 Å². The second-order valence-corrected chi connectivity index (χ2v) is 6.40. The minimum atomic E-state index is 0.307. The second kappa shape index (κ2) is 8.14. The summed E-state index contributed by atoms with van der Waals surface area (Å²) < 4.78 is 0. The molecule has 1 aromatic heterocycles.